The fourth-order valence-corrected chi connectivity index (χ4v) is 2.09. The molecule has 0 unspecified atom stereocenters. The fraction of sp³-hybridized carbons (Fsp3) is 0. The molecule has 2 aromatic rings. The maximum atomic E-state index is 5.89. The van der Waals surface area contributed by atoms with Gasteiger partial charge in [0.05, 0.1) is 17.1 Å². The molecule has 0 saturated carbocycles. The van der Waals surface area contributed by atoms with Gasteiger partial charge in [-0.3, -0.25) is 0 Å². The van der Waals surface area contributed by atoms with Crippen molar-refractivity contribution in [2.45, 2.75) is 0 Å². The molecule has 0 aliphatic rings. The van der Waals surface area contributed by atoms with Crippen molar-refractivity contribution in [3.8, 4) is 0 Å². The SMILES string of the molecule is Nc1ccc(Br)cc1Nc1ccccc1Br. The average molecular weight is 342 g/mol. The summed E-state index contributed by atoms with van der Waals surface area (Å²) in [5.41, 5.74) is 8.49. The largest absolute Gasteiger partial charge is 0.397 e. The number of para-hydroxylation sites is 1. The first-order valence-electron chi connectivity index (χ1n) is 4.73. The Bertz CT molecular complexity index is 512. The van der Waals surface area contributed by atoms with Crippen LogP contribution in [0.4, 0.5) is 17.1 Å². The van der Waals surface area contributed by atoms with E-state index in [1.807, 2.05) is 42.5 Å². The van der Waals surface area contributed by atoms with Crippen LogP contribution < -0.4 is 11.1 Å². The first-order valence-corrected chi connectivity index (χ1v) is 6.32. The van der Waals surface area contributed by atoms with Gasteiger partial charge in [-0.15, -0.1) is 0 Å². The van der Waals surface area contributed by atoms with Crippen molar-refractivity contribution < 1.29 is 0 Å². The summed E-state index contributed by atoms with van der Waals surface area (Å²) < 4.78 is 2.01. The van der Waals surface area contributed by atoms with E-state index >= 15 is 0 Å². The number of rotatable bonds is 2. The number of anilines is 3. The van der Waals surface area contributed by atoms with Crippen molar-refractivity contribution in [1.82, 2.24) is 0 Å². The summed E-state index contributed by atoms with van der Waals surface area (Å²) in [5, 5.41) is 3.28. The Morgan fingerprint density at radius 2 is 1.69 bits per heavy atom. The number of hydrogen-bond acceptors (Lipinski definition) is 2. The van der Waals surface area contributed by atoms with Gasteiger partial charge in [0.25, 0.3) is 0 Å². The van der Waals surface area contributed by atoms with E-state index in [1.165, 1.54) is 0 Å². The van der Waals surface area contributed by atoms with Gasteiger partial charge in [0.1, 0.15) is 0 Å². The molecule has 3 N–H and O–H groups in total. The highest BCUT2D eigenvalue weighted by molar-refractivity contribution is 9.10. The van der Waals surface area contributed by atoms with Crippen LogP contribution in [-0.4, -0.2) is 0 Å². The molecule has 0 fully saturated rings. The Hall–Kier alpha value is -1.00. The fourth-order valence-electron chi connectivity index (χ4n) is 1.34. The van der Waals surface area contributed by atoms with Crippen molar-refractivity contribution in [3.05, 3.63) is 51.4 Å². The van der Waals surface area contributed by atoms with E-state index in [0.717, 1.165) is 26.0 Å². The molecule has 2 nitrogen and oxygen atoms in total. The monoisotopic (exact) mass is 340 g/mol. The van der Waals surface area contributed by atoms with Crippen LogP contribution in [0.25, 0.3) is 0 Å². The van der Waals surface area contributed by atoms with Gasteiger partial charge in [-0.05, 0) is 46.3 Å². The minimum atomic E-state index is 0.721. The lowest BCUT2D eigenvalue weighted by Crippen LogP contribution is -1.96. The van der Waals surface area contributed by atoms with E-state index in [0.29, 0.717) is 0 Å². The minimum Gasteiger partial charge on any atom is -0.397 e. The summed E-state index contributed by atoms with van der Waals surface area (Å²) in [6.45, 7) is 0. The lowest BCUT2D eigenvalue weighted by Gasteiger charge is -2.11. The van der Waals surface area contributed by atoms with Gasteiger partial charge in [-0.2, -0.15) is 0 Å². The zero-order valence-electron chi connectivity index (χ0n) is 8.37. The second-order valence-electron chi connectivity index (χ2n) is 3.34. The molecular weight excluding hydrogens is 332 g/mol. The maximum Gasteiger partial charge on any atom is 0.0629 e. The van der Waals surface area contributed by atoms with Gasteiger partial charge in [-0.25, -0.2) is 0 Å². The Balaban J connectivity index is 2.34. The molecule has 0 saturated heterocycles. The van der Waals surface area contributed by atoms with Crippen LogP contribution in [0, 0.1) is 0 Å². The van der Waals surface area contributed by atoms with Crippen LogP contribution in [0.1, 0.15) is 0 Å². The number of halogens is 2. The summed E-state index contributed by atoms with van der Waals surface area (Å²) in [7, 11) is 0. The molecule has 0 aliphatic heterocycles. The van der Waals surface area contributed by atoms with E-state index < -0.39 is 0 Å². The smallest absolute Gasteiger partial charge is 0.0629 e. The van der Waals surface area contributed by atoms with Crippen LogP contribution in [0.2, 0.25) is 0 Å². The number of nitrogens with two attached hydrogens (primary N) is 1. The van der Waals surface area contributed by atoms with Crippen molar-refractivity contribution in [3.63, 3.8) is 0 Å². The van der Waals surface area contributed by atoms with Gasteiger partial charge in [0.15, 0.2) is 0 Å². The summed E-state index contributed by atoms with van der Waals surface area (Å²) >= 11 is 6.90. The highest BCUT2D eigenvalue weighted by Crippen LogP contribution is 2.30. The maximum absolute atomic E-state index is 5.89. The molecule has 4 heteroatoms. The van der Waals surface area contributed by atoms with Crippen LogP contribution in [0.15, 0.2) is 51.4 Å². The number of benzene rings is 2. The molecule has 2 rings (SSSR count). The highest BCUT2D eigenvalue weighted by atomic mass is 79.9. The third kappa shape index (κ3) is 2.57. The topological polar surface area (TPSA) is 38.0 Å². The zero-order valence-corrected chi connectivity index (χ0v) is 11.5. The lowest BCUT2D eigenvalue weighted by atomic mass is 10.2. The Morgan fingerprint density at radius 3 is 2.44 bits per heavy atom. The number of nitrogen functional groups attached to an aromatic ring is 1. The van der Waals surface area contributed by atoms with Crippen LogP contribution >= 0.6 is 31.9 Å². The van der Waals surface area contributed by atoms with Crippen LogP contribution in [0.3, 0.4) is 0 Å². The van der Waals surface area contributed by atoms with Crippen molar-refractivity contribution >= 4 is 48.9 Å². The van der Waals surface area contributed by atoms with Crippen molar-refractivity contribution in [1.29, 1.82) is 0 Å². The zero-order chi connectivity index (χ0) is 11.5. The van der Waals surface area contributed by atoms with Gasteiger partial charge in [0, 0.05) is 8.95 Å². The van der Waals surface area contributed by atoms with E-state index in [-0.39, 0.29) is 0 Å². The normalized spacial score (nSPS) is 10.1. The molecule has 0 amide bonds. The summed E-state index contributed by atoms with van der Waals surface area (Å²) in [6.07, 6.45) is 0. The molecule has 0 radical (unpaired) electrons. The highest BCUT2D eigenvalue weighted by Gasteiger charge is 2.02. The molecule has 2 aromatic carbocycles. The molecular formula is C12H10Br2N2. The molecule has 0 aliphatic carbocycles. The Kier molecular flexibility index (Phi) is 3.51. The predicted molar refractivity (Wildman–Crippen MR) is 76.0 cm³/mol. The summed E-state index contributed by atoms with van der Waals surface area (Å²) in [4.78, 5) is 0. The summed E-state index contributed by atoms with van der Waals surface area (Å²) in [6, 6.07) is 13.7. The van der Waals surface area contributed by atoms with E-state index in [4.69, 9.17) is 5.73 Å². The minimum absolute atomic E-state index is 0.721. The molecule has 0 bridgehead atoms. The quantitative estimate of drug-likeness (QED) is 0.787. The van der Waals surface area contributed by atoms with E-state index in [1.54, 1.807) is 0 Å². The Morgan fingerprint density at radius 1 is 0.938 bits per heavy atom. The molecule has 0 spiro atoms. The first kappa shape index (κ1) is 11.5. The molecule has 0 aromatic heterocycles. The second kappa shape index (κ2) is 4.89. The average Bonchev–Trinajstić information content (AvgIpc) is 2.27. The third-order valence-electron chi connectivity index (χ3n) is 2.16. The summed E-state index contributed by atoms with van der Waals surface area (Å²) in [5.74, 6) is 0. The predicted octanol–water partition coefficient (Wildman–Crippen LogP) is 4.54. The van der Waals surface area contributed by atoms with Gasteiger partial charge in [-0.1, -0.05) is 28.1 Å². The van der Waals surface area contributed by atoms with Gasteiger partial charge >= 0.3 is 0 Å². The second-order valence-corrected chi connectivity index (χ2v) is 5.11. The van der Waals surface area contributed by atoms with E-state index in [9.17, 15) is 0 Å². The Labute approximate surface area is 111 Å². The number of nitrogens with one attached hydrogen (secondary N) is 1. The van der Waals surface area contributed by atoms with Crippen LogP contribution in [-0.2, 0) is 0 Å². The lowest BCUT2D eigenvalue weighted by molar-refractivity contribution is 1.51. The molecule has 16 heavy (non-hydrogen) atoms. The van der Waals surface area contributed by atoms with Gasteiger partial charge < -0.3 is 11.1 Å². The number of hydrogen-bond donors (Lipinski definition) is 2. The third-order valence-corrected chi connectivity index (χ3v) is 3.34. The molecule has 82 valence electrons. The molecule has 0 heterocycles. The standard InChI is InChI=1S/C12H10Br2N2/c13-8-5-6-10(15)12(7-8)16-11-4-2-1-3-9(11)14/h1-7,16H,15H2. The molecule has 0 atom stereocenters. The van der Waals surface area contributed by atoms with Crippen molar-refractivity contribution in [2.24, 2.45) is 0 Å². The van der Waals surface area contributed by atoms with Crippen molar-refractivity contribution in [2.75, 3.05) is 11.1 Å². The van der Waals surface area contributed by atoms with E-state index in [2.05, 4.69) is 37.2 Å². The van der Waals surface area contributed by atoms with Crippen LogP contribution in [0.5, 0.6) is 0 Å². The first-order chi connectivity index (χ1) is 7.66. The van der Waals surface area contributed by atoms with Gasteiger partial charge in [0.2, 0.25) is 0 Å².